The topological polar surface area (TPSA) is 24.9 Å². The zero-order valence-electron chi connectivity index (χ0n) is 10.7. The van der Waals surface area contributed by atoms with Gasteiger partial charge >= 0.3 is 0 Å². The maximum Gasteiger partial charge on any atom is 0.132 e. The Morgan fingerprint density at radius 2 is 2.06 bits per heavy atom. The van der Waals surface area contributed by atoms with Gasteiger partial charge in [0.2, 0.25) is 0 Å². The number of nitrogens with one attached hydrogen (secondary N) is 1. The lowest BCUT2D eigenvalue weighted by Gasteiger charge is -2.26. The highest BCUT2D eigenvalue weighted by atomic mass is 35.5. The third-order valence-corrected chi connectivity index (χ3v) is 4.14. The minimum absolute atomic E-state index is 0.599. The second kappa shape index (κ2) is 5.72. The van der Waals surface area contributed by atoms with E-state index >= 15 is 0 Å². The molecule has 0 bridgehead atoms. The van der Waals surface area contributed by atoms with Crippen LogP contribution in [0.5, 0.6) is 0 Å². The molecule has 2 rings (SSSR count). The lowest BCUT2D eigenvalue weighted by molar-refractivity contribution is 0.300. The first-order chi connectivity index (χ1) is 8.15. The number of aryl methyl sites for hydroxylation is 1. The number of pyridine rings is 1. The largest absolute Gasteiger partial charge is 0.384 e. The van der Waals surface area contributed by atoms with E-state index in [0.29, 0.717) is 5.15 Å². The van der Waals surface area contributed by atoms with Crippen LogP contribution in [0.25, 0.3) is 0 Å². The normalized spacial score (nSPS) is 24.6. The highest BCUT2D eigenvalue weighted by Gasteiger charge is 2.17. The third-order valence-electron chi connectivity index (χ3n) is 3.74. The summed E-state index contributed by atoms with van der Waals surface area (Å²) in [5.41, 5.74) is 2.12. The number of hydrogen-bond acceptors (Lipinski definition) is 2. The van der Waals surface area contributed by atoms with Crippen LogP contribution in [-0.2, 0) is 0 Å². The summed E-state index contributed by atoms with van der Waals surface area (Å²) in [5.74, 6) is 1.74. The Morgan fingerprint density at radius 3 is 2.71 bits per heavy atom. The monoisotopic (exact) mass is 252 g/mol. The van der Waals surface area contributed by atoms with Crippen molar-refractivity contribution in [3.05, 3.63) is 23.0 Å². The van der Waals surface area contributed by atoms with Crippen molar-refractivity contribution in [3.8, 4) is 0 Å². The number of hydrogen-bond donors (Lipinski definition) is 1. The molecule has 17 heavy (non-hydrogen) atoms. The van der Waals surface area contributed by atoms with E-state index in [9.17, 15) is 0 Å². The second-order valence-electron chi connectivity index (χ2n) is 5.34. The van der Waals surface area contributed by atoms with Crippen molar-refractivity contribution in [2.45, 2.75) is 39.5 Å². The van der Waals surface area contributed by atoms with Crippen LogP contribution < -0.4 is 5.32 Å². The van der Waals surface area contributed by atoms with E-state index in [-0.39, 0.29) is 0 Å². The molecule has 2 nitrogen and oxygen atoms in total. The van der Waals surface area contributed by atoms with Gasteiger partial charge in [0.05, 0.1) is 11.9 Å². The zero-order valence-corrected chi connectivity index (χ0v) is 11.4. The van der Waals surface area contributed by atoms with Crippen molar-refractivity contribution in [1.29, 1.82) is 0 Å². The van der Waals surface area contributed by atoms with Crippen LogP contribution in [0, 0.1) is 18.8 Å². The summed E-state index contributed by atoms with van der Waals surface area (Å²) in [5, 5.41) is 4.08. The fourth-order valence-corrected chi connectivity index (χ4v) is 2.55. The number of rotatable bonds is 3. The van der Waals surface area contributed by atoms with Crippen LogP contribution in [0.3, 0.4) is 0 Å². The fraction of sp³-hybridized carbons (Fsp3) is 0.643. The van der Waals surface area contributed by atoms with E-state index in [0.717, 1.165) is 29.6 Å². The van der Waals surface area contributed by atoms with Gasteiger partial charge in [0, 0.05) is 6.54 Å². The molecule has 0 atom stereocenters. The molecule has 1 aliphatic carbocycles. The van der Waals surface area contributed by atoms with E-state index < -0.39 is 0 Å². The van der Waals surface area contributed by atoms with E-state index in [4.69, 9.17) is 11.6 Å². The third kappa shape index (κ3) is 3.60. The molecular weight excluding hydrogens is 232 g/mol. The molecule has 1 N–H and O–H groups in total. The quantitative estimate of drug-likeness (QED) is 0.813. The summed E-state index contributed by atoms with van der Waals surface area (Å²) in [6.45, 7) is 5.41. The van der Waals surface area contributed by atoms with Gasteiger partial charge in [-0.05, 0) is 43.2 Å². The first kappa shape index (κ1) is 12.7. The molecule has 0 amide bonds. The molecule has 1 fully saturated rings. The molecule has 1 heterocycles. The average molecular weight is 253 g/mol. The number of nitrogens with zero attached hydrogens (tertiary/aromatic N) is 1. The smallest absolute Gasteiger partial charge is 0.132 e. The van der Waals surface area contributed by atoms with Gasteiger partial charge in [0.25, 0.3) is 0 Å². The maximum atomic E-state index is 5.91. The van der Waals surface area contributed by atoms with Crippen molar-refractivity contribution < 1.29 is 0 Å². The van der Waals surface area contributed by atoms with Gasteiger partial charge in [-0.1, -0.05) is 31.4 Å². The lowest BCUT2D eigenvalue weighted by Crippen LogP contribution is -2.20. The van der Waals surface area contributed by atoms with Crippen LogP contribution in [0.1, 0.15) is 38.2 Å². The molecule has 0 aliphatic heterocycles. The highest BCUT2D eigenvalue weighted by Crippen LogP contribution is 2.28. The second-order valence-corrected chi connectivity index (χ2v) is 5.70. The van der Waals surface area contributed by atoms with E-state index in [1.807, 2.05) is 13.1 Å². The van der Waals surface area contributed by atoms with E-state index in [2.05, 4.69) is 23.3 Å². The molecule has 1 aromatic heterocycles. The zero-order chi connectivity index (χ0) is 12.3. The first-order valence-electron chi connectivity index (χ1n) is 6.51. The van der Waals surface area contributed by atoms with Crippen molar-refractivity contribution in [1.82, 2.24) is 4.98 Å². The highest BCUT2D eigenvalue weighted by molar-refractivity contribution is 6.30. The number of aromatic nitrogens is 1. The molecular formula is C14H21ClN2. The Morgan fingerprint density at radius 1 is 1.35 bits per heavy atom. The van der Waals surface area contributed by atoms with Crippen molar-refractivity contribution in [3.63, 3.8) is 0 Å². The molecule has 94 valence electrons. The van der Waals surface area contributed by atoms with Crippen LogP contribution in [0.4, 0.5) is 5.69 Å². The van der Waals surface area contributed by atoms with Crippen LogP contribution >= 0.6 is 11.6 Å². The number of halogens is 1. The molecule has 1 aromatic rings. The Labute approximate surface area is 109 Å². The summed E-state index contributed by atoms with van der Waals surface area (Å²) in [4.78, 5) is 4.16. The van der Waals surface area contributed by atoms with E-state index in [1.54, 1.807) is 0 Å². The van der Waals surface area contributed by atoms with Gasteiger partial charge < -0.3 is 5.32 Å². The fourth-order valence-electron chi connectivity index (χ4n) is 2.45. The Kier molecular flexibility index (Phi) is 4.27. The van der Waals surface area contributed by atoms with Gasteiger partial charge in [-0.25, -0.2) is 4.98 Å². The van der Waals surface area contributed by atoms with Crippen LogP contribution in [0.2, 0.25) is 5.15 Å². The molecule has 0 radical (unpaired) electrons. The summed E-state index contributed by atoms with van der Waals surface area (Å²) in [7, 11) is 0. The average Bonchev–Trinajstić information content (AvgIpc) is 2.33. The van der Waals surface area contributed by atoms with Gasteiger partial charge in [0.15, 0.2) is 0 Å². The maximum absolute atomic E-state index is 5.91. The van der Waals surface area contributed by atoms with Crippen LogP contribution in [0.15, 0.2) is 12.3 Å². The molecule has 0 aromatic carbocycles. The predicted molar refractivity (Wildman–Crippen MR) is 73.6 cm³/mol. The van der Waals surface area contributed by atoms with Gasteiger partial charge in [-0.2, -0.15) is 0 Å². The summed E-state index contributed by atoms with van der Waals surface area (Å²) < 4.78 is 0. The molecule has 3 heteroatoms. The van der Waals surface area contributed by atoms with Gasteiger partial charge in [-0.3, -0.25) is 0 Å². The van der Waals surface area contributed by atoms with Crippen molar-refractivity contribution >= 4 is 17.3 Å². The van der Waals surface area contributed by atoms with Gasteiger partial charge in [-0.15, -0.1) is 0 Å². The standard InChI is InChI=1S/C14H21ClN2/c1-10-3-5-12(6-4-10)8-16-13-7-11(2)14(15)17-9-13/h7,9-10,12,16H,3-6,8H2,1-2H3. The summed E-state index contributed by atoms with van der Waals surface area (Å²) >= 11 is 5.91. The van der Waals surface area contributed by atoms with Crippen molar-refractivity contribution in [2.24, 2.45) is 11.8 Å². The van der Waals surface area contributed by atoms with Crippen LogP contribution in [-0.4, -0.2) is 11.5 Å². The minimum atomic E-state index is 0.599. The minimum Gasteiger partial charge on any atom is -0.384 e. The molecule has 1 aliphatic rings. The first-order valence-corrected chi connectivity index (χ1v) is 6.89. The Bertz CT molecular complexity index is 370. The summed E-state index contributed by atoms with van der Waals surface area (Å²) in [6, 6.07) is 2.07. The molecule has 0 spiro atoms. The molecule has 0 unspecified atom stereocenters. The lowest BCUT2D eigenvalue weighted by atomic mass is 9.83. The van der Waals surface area contributed by atoms with Crippen molar-refractivity contribution in [2.75, 3.05) is 11.9 Å². The number of anilines is 1. The molecule has 0 saturated heterocycles. The molecule has 1 saturated carbocycles. The van der Waals surface area contributed by atoms with Gasteiger partial charge in [0.1, 0.15) is 5.15 Å². The Hall–Kier alpha value is -0.760. The predicted octanol–water partition coefficient (Wildman–Crippen LogP) is 4.28. The van der Waals surface area contributed by atoms with E-state index in [1.165, 1.54) is 25.7 Å². The summed E-state index contributed by atoms with van der Waals surface area (Å²) in [6.07, 6.45) is 7.29. The Balaban J connectivity index is 1.83. The SMILES string of the molecule is Cc1cc(NCC2CCC(C)CC2)cnc1Cl.